The van der Waals surface area contributed by atoms with Crippen LogP contribution in [0.1, 0.15) is 25.3 Å². The lowest BCUT2D eigenvalue weighted by molar-refractivity contribution is 0.660. The molecule has 0 amide bonds. The molecule has 0 unspecified atom stereocenters. The van der Waals surface area contributed by atoms with Gasteiger partial charge >= 0.3 is 0 Å². The Morgan fingerprint density at radius 3 is 2.94 bits per heavy atom. The quantitative estimate of drug-likeness (QED) is 0.756. The largest absolute Gasteiger partial charge is 0.385 e. The fraction of sp³-hybridized carbons (Fsp3) is 0.400. The minimum Gasteiger partial charge on any atom is -0.385 e. The lowest BCUT2D eigenvalue weighted by Crippen LogP contribution is -2.07. The lowest BCUT2D eigenvalue weighted by Gasteiger charge is -2.11. The fourth-order valence-corrected chi connectivity index (χ4v) is 2.08. The Morgan fingerprint density at radius 1 is 1.28 bits per heavy atom. The second-order valence-corrected chi connectivity index (χ2v) is 4.49. The number of anilines is 1. The van der Waals surface area contributed by atoms with Gasteiger partial charge in [-0.15, -0.1) is 0 Å². The van der Waals surface area contributed by atoms with Crippen LogP contribution in [-0.4, -0.2) is 16.1 Å². The molecule has 0 fully saturated rings. The van der Waals surface area contributed by atoms with Crippen LogP contribution in [0.15, 0.2) is 43.0 Å². The fourth-order valence-electron chi connectivity index (χ4n) is 2.08. The third kappa shape index (κ3) is 3.62. The zero-order valence-electron chi connectivity index (χ0n) is 11.0. The molecule has 0 aliphatic heterocycles. The Labute approximate surface area is 109 Å². The second-order valence-electron chi connectivity index (χ2n) is 4.49. The maximum Gasteiger partial charge on any atom is 0.0945 e. The number of para-hydroxylation sites is 1. The van der Waals surface area contributed by atoms with Crippen molar-refractivity contribution in [2.24, 2.45) is 0 Å². The van der Waals surface area contributed by atoms with Crippen LogP contribution < -0.4 is 5.32 Å². The molecular weight excluding hydrogens is 222 g/mol. The molecule has 3 heteroatoms. The summed E-state index contributed by atoms with van der Waals surface area (Å²) >= 11 is 0. The number of benzene rings is 1. The molecule has 0 radical (unpaired) electrons. The van der Waals surface area contributed by atoms with Crippen LogP contribution in [0.2, 0.25) is 0 Å². The van der Waals surface area contributed by atoms with Crippen molar-refractivity contribution in [2.75, 3.05) is 11.9 Å². The van der Waals surface area contributed by atoms with E-state index in [-0.39, 0.29) is 0 Å². The maximum atomic E-state index is 4.04. The summed E-state index contributed by atoms with van der Waals surface area (Å²) in [6.45, 7) is 4.23. The monoisotopic (exact) mass is 243 g/mol. The number of hydrogen-bond acceptors (Lipinski definition) is 2. The van der Waals surface area contributed by atoms with E-state index in [0.29, 0.717) is 0 Å². The van der Waals surface area contributed by atoms with E-state index in [1.165, 1.54) is 17.7 Å². The van der Waals surface area contributed by atoms with Crippen molar-refractivity contribution >= 4 is 5.69 Å². The summed E-state index contributed by atoms with van der Waals surface area (Å²) in [5, 5.41) is 3.53. The van der Waals surface area contributed by atoms with Crippen molar-refractivity contribution in [3.05, 3.63) is 48.5 Å². The predicted octanol–water partition coefficient (Wildman–Crippen LogP) is 3.34. The average Bonchev–Trinajstić information content (AvgIpc) is 2.90. The number of aryl methyl sites for hydroxylation is 2. The minimum atomic E-state index is 0.999. The van der Waals surface area contributed by atoms with Crippen molar-refractivity contribution in [3.63, 3.8) is 0 Å². The molecule has 2 rings (SSSR count). The predicted molar refractivity (Wildman–Crippen MR) is 75.8 cm³/mol. The van der Waals surface area contributed by atoms with Crippen LogP contribution in [0.5, 0.6) is 0 Å². The summed E-state index contributed by atoms with van der Waals surface area (Å²) < 4.78 is 2.11. The Kier molecular flexibility index (Phi) is 4.82. The second kappa shape index (κ2) is 6.84. The van der Waals surface area contributed by atoms with Crippen LogP contribution in [0.4, 0.5) is 5.69 Å². The first kappa shape index (κ1) is 12.7. The molecule has 0 spiro atoms. The smallest absolute Gasteiger partial charge is 0.0945 e. The van der Waals surface area contributed by atoms with E-state index in [1.807, 2.05) is 18.7 Å². The molecule has 0 saturated carbocycles. The van der Waals surface area contributed by atoms with E-state index in [2.05, 4.69) is 46.1 Å². The topological polar surface area (TPSA) is 29.9 Å². The van der Waals surface area contributed by atoms with E-state index in [1.54, 1.807) is 0 Å². The highest BCUT2D eigenvalue weighted by Gasteiger charge is 1.99. The number of nitrogens with one attached hydrogen (secondary N) is 1. The van der Waals surface area contributed by atoms with Gasteiger partial charge in [-0.1, -0.05) is 31.5 Å². The number of hydrogen-bond donors (Lipinski definition) is 1. The summed E-state index contributed by atoms with van der Waals surface area (Å²) in [7, 11) is 0. The van der Waals surface area contributed by atoms with Crippen molar-refractivity contribution in [3.8, 4) is 0 Å². The molecule has 0 saturated heterocycles. The Hall–Kier alpha value is -1.77. The first-order chi connectivity index (χ1) is 8.90. The Balaban J connectivity index is 1.79. The summed E-state index contributed by atoms with van der Waals surface area (Å²) in [6.07, 6.45) is 9.13. The summed E-state index contributed by atoms with van der Waals surface area (Å²) in [6, 6.07) is 8.59. The molecule has 1 aromatic carbocycles. The highest BCUT2D eigenvalue weighted by atomic mass is 15.0. The molecule has 2 aromatic rings. The highest BCUT2D eigenvalue weighted by Crippen LogP contribution is 2.16. The van der Waals surface area contributed by atoms with E-state index in [4.69, 9.17) is 0 Å². The van der Waals surface area contributed by atoms with Gasteiger partial charge < -0.3 is 9.88 Å². The molecule has 0 aliphatic carbocycles. The van der Waals surface area contributed by atoms with Gasteiger partial charge in [-0.25, -0.2) is 4.98 Å². The molecule has 1 heterocycles. The van der Waals surface area contributed by atoms with Crippen LogP contribution >= 0.6 is 0 Å². The van der Waals surface area contributed by atoms with Gasteiger partial charge in [0.15, 0.2) is 0 Å². The third-order valence-corrected chi connectivity index (χ3v) is 3.00. The molecule has 3 nitrogen and oxygen atoms in total. The van der Waals surface area contributed by atoms with Crippen molar-refractivity contribution in [1.29, 1.82) is 0 Å². The van der Waals surface area contributed by atoms with Gasteiger partial charge in [0.2, 0.25) is 0 Å². The van der Waals surface area contributed by atoms with Crippen molar-refractivity contribution in [1.82, 2.24) is 9.55 Å². The third-order valence-electron chi connectivity index (χ3n) is 3.00. The summed E-state index contributed by atoms with van der Waals surface area (Å²) in [4.78, 5) is 4.04. The lowest BCUT2D eigenvalue weighted by atomic mass is 10.1. The van der Waals surface area contributed by atoms with Crippen LogP contribution in [0.25, 0.3) is 0 Å². The molecule has 1 N–H and O–H groups in total. The van der Waals surface area contributed by atoms with Crippen LogP contribution in [-0.2, 0) is 13.0 Å². The highest BCUT2D eigenvalue weighted by molar-refractivity contribution is 5.51. The normalized spacial score (nSPS) is 10.5. The van der Waals surface area contributed by atoms with Gasteiger partial charge in [0.05, 0.1) is 6.33 Å². The van der Waals surface area contributed by atoms with Gasteiger partial charge in [0.25, 0.3) is 0 Å². The van der Waals surface area contributed by atoms with Gasteiger partial charge in [0.1, 0.15) is 0 Å². The zero-order valence-corrected chi connectivity index (χ0v) is 11.0. The van der Waals surface area contributed by atoms with Gasteiger partial charge in [-0.05, 0) is 24.5 Å². The number of aromatic nitrogens is 2. The maximum absolute atomic E-state index is 4.04. The van der Waals surface area contributed by atoms with E-state index in [0.717, 1.165) is 25.9 Å². The molecule has 18 heavy (non-hydrogen) atoms. The molecular formula is C15H21N3. The molecule has 0 atom stereocenters. The standard InChI is InChI=1S/C15H21N3/c1-2-6-14-7-3-4-8-15(14)17-9-5-11-18-12-10-16-13-18/h3-4,7-8,10,12-13,17H,2,5-6,9,11H2,1H3. The Bertz CT molecular complexity index is 449. The SMILES string of the molecule is CCCc1ccccc1NCCCn1ccnc1. The van der Waals surface area contributed by atoms with E-state index < -0.39 is 0 Å². The molecule has 1 aromatic heterocycles. The number of rotatable bonds is 7. The Morgan fingerprint density at radius 2 is 2.17 bits per heavy atom. The van der Waals surface area contributed by atoms with Crippen LogP contribution in [0.3, 0.4) is 0 Å². The molecule has 0 bridgehead atoms. The zero-order chi connectivity index (χ0) is 12.6. The van der Waals surface area contributed by atoms with Crippen molar-refractivity contribution in [2.45, 2.75) is 32.7 Å². The number of nitrogens with zero attached hydrogens (tertiary/aromatic N) is 2. The summed E-state index contributed by atoms with van der Waals surface area (Å²) in [5.74, 6) is 0. The molecule has 96 valence electrons. The first-order valence-corrected chi connectivity index (χ1v) is 6.67. The van der Waals surface area contributed by atoms with Crippen molar-refractivity contribution < 1.29 is 0 Å². The number of imidazole rings is 1. The van der Waals surface area contributed by atoms with E-state index in [9.17, 15) is 0 Å². The molecule has 0 aliphatic rings. The van der Waals surface area contributed by atoms with Crippen LogP contribution in [0, 0.1) is 0 Å². The average molecular weight is 243 g/mol. The first-order valence-electron chi connectivity index (χ1n) is 6.67. The van der Waals surface area contributed by atoms with Gasteiger partial charge in [0, 0.05) is 31.2 Å². The van der Waals surface area contributed by atoms with Gasteiger partial charge in [-0.3, -0.25) is 0 Å². The van der Waals surface area contributed by atoms with E-state index >= 15 is 0 Å². The summed E-state index contributed by atoms with van der Waals surface area (Å²) in [5.41, 5.74) is 2.70. The van der Waals surface area contributed by atoms with Gasteiger partial charge in [-0.2, -0.15) is 0 Å². The minimum absolute atomic E-state index is 0.999.